The van der Waals surface area contributed by atoms with Crippen LogP contribution in [0.4, 0.5) is 0 Å². The van der Waals surface area contributed by atoms with Crippen LogP contribution in [0.2, 0.25) is 0 Å². The molecule has 0 unspecified atom stereocenters. The molecule has 0 aliphatic carbocycles. The largest absolute Gasteiger partial charge is 0.382 e. The van der Waals surface area contributed by atoms with Gasteiger partial charge in [-0.15, -0.1) is 0 Å². The molecule has 0 spiro atoms. The van der Waals surface area contributed by atoms with E-state index in [9.17, 15) is 4.79 Å². The van der Waals surface area contributed by atoms with Gasteiger partial charge in [0.05, 0.1) is 13.2 Å². The lowest BCUT2D eigenvalue weighted by Crippen LogP contribution is -2.33. The molecule has 4 nitrogen and oxygen atoms in total. The Kier molecular flexibility index (Phi) is 33.1. The summed E-state index contributed by atoms with van der Waals surface area (Å²) < 4.78 is 10.6. The maximum atomic E-state index is 12.9. The fourth-order valence-electron chi connectivity index (χ4n) is 5.38. The summed E-state index contributed by atoms with van der Waals surface area (Å²) in [5.41, 5.74) is 0. The van der Waals surface area contributed by atoms with Gasteiger partial charge in [0.25, 0.3) is 0 Å². The third-order valence-electron chi connectivity index (χ3n) is 8.03. The molecule has 0 aromatic carbocycles. The zero-order valence-electron chi connectivity index (χ0n) is 27.1. The van der Waals surface area contributed by atoms with Crippen LogP contribution in [0.3, 0.4) is 0 Å². The molecule has 0 bridgehead atoms. The number of carbonyl (C=O) groups is 1. The third-order valence-corrected chi connectivity index (χ3v) is 8.03. The second kappa shape index (κ2) is 33.6. The van der Waals surface area contributed by atoms with E-state index in [1.165, 1.54) is 141 Å². The van der Waals surface area contributed by atoms with Crippen LogP contribution in [-0.4, -0.2) is 50.8 Å². The molecule has 4 heteroatoms. The number of carbonyl (C=O) groups excluding carboxylic acids is 1. The first-order valence-electron chi connectivity index (χ1n) is 17.6. The van der Waals surface area contributed by atoms with Gasteiger partial charge in [-0.25, -0.2) is 0 Å². The van der Waals surface area contributed by atoms with Crippen molar-refractivity contribution in [1.29, 1.82) is 0 Å². The van der Waals surface area contributed by atoms with Crippen LogP contribution in [0, 0.1) is 0 Å². The van der Waals surface area contributed by atoms with Gasteiger partial charge in [-0.2, -0.15) is 0 Å². The maximum absolute atomic E-state index is 12.9. The molecule has 0 heterocycles. The minimum absolute atomic E-state index is 0.330. The molecule has 0 fully saturated rings. The lowest BCUT2D eigenvalue weighted by Gasteiger charge is -2.23. The molecule has 39 heavy (non-hydrogen) atoms. The Bertz CT molecular complexity index is 443. The quantitative estimate of drug-likeness (QED) is 0.0759. The van der Waals surface area contributed by atoms with Crippen LogP contribution in [0.15, 0.2) is 0 Å². The van der Waals surface area contributed by atoms with Crippen molar-refractivity contribution in [2.45, 2.75) is 181 Å². The zero-order chi connectivity index (χ0) is 28.5. The van der Waals surface area contributed by atoms with E-state index in [0.29, 0.717) is 32.1 Å². The monoisotopic (exact) mass is 554 g/mol. The minimum Gasteiger partial charge on any atom is -0.382 e. The van der Waals surface area contributed by atoms with E-state index in [1.54, 1.807) is 7.11 Å². The average molecular weight is 554 g/mol. The van der Waals surface area contributed by atoms with Gasteiger partial charge in [0.2, 0.25) is 5.91 Å². The summed E-state index contributed by atoms with van der Waals surface area (Å²) >= 11 is 0. The fraction of sp³-hybridized carbons (Fsp3) is 0.971. The first-order chi connectivity index (χ1) is 19.3. The van der Waals surface area contributed by atoms with Crippen LogP contribution >= 0.6 is 0 Å². The van der Waals surface area contributed by atoms with Crippen molar-refractivity contribution >= 4 is 5.91 Å². The standard InChI is InChI=1S/C35H71NO3/c1-4-6-8-10-12-14-16-18-20-22-24-26-30-36(35(37)29-28-32-39-34-33-38-3)31-27-25-23-21-19-17-15-13-11-9-7-5-2/h4-34H2,1-3H3. The number of ether oxygens (including phenoxy) is 2. The number of unbranched alkanes of at least 4 members (excludes halogenated alkanes) is 22. The molecule has 0 aromatic heterocycles. The van der Waals surface area contributed by atoms with Gasteiger partial charge in [0.15, 0.2) is 0 Å². The van der Waals surface area contributed by atoms with Crippen LogP contribution in [-0.2, 0) is 14.3 Å². The van der Waals surface area contributed by atoms with Gasteiger partial charge in [-0.1, -0.05) is 155 Å². The summed E-state index contributed by atoms with van der Waals surface area (Å²) in [6.07, 6.45) is 34.1. The molecule has 234 valence electrons. The first kappa shape index (κ1) is 38.4. The average Bonchev–Trinajstić information content (AvgIpc) is 2.94. The predicted molar refractivity (Wildman–Crippen MR) is 171 cm³/mol. The molecule has 0 saturated heterocycles. The number of rotatable bonds is 33. The number of hydrogen-bond acceptors (Lipinski definition) is 3. The van der Waals surface area contributed by atoms with E-state index in [-0.39, 0.29) is 0 Å². The molecule has 0 atom stereocenters. The van der Waals surface area contributed by atoms with Crippen molar-refractivity contribution in [2.24, 2.45) is 0 Å². The van der Waals surface area contributed by atoms with E-state index < -0.39 is 0 Å². The van der Waals surface area contributed by atoms with E-state index >= 15 is 0 Å². The second-order valence-corrected chi connectivity index (χ2v) is 11.9. The Morgan fingerprint density at radius 3 is 1.18 bits per heavy atom. The molecule has 0 N–H and O–H groups in total. The summed E-state index contributed by atoms with van der Waals surface area (Å²) in [5.74, 6) is 0.330. The molecule has 0 radical (unpaired) electrons. The third kappa shape index (κ3) is 30.2. The van der Waals surface area contributed by atoms with Crippen molar-refractivity contribution in [2.75, 3.05) is 40.0 Å². The SMILES string of the molecule is CCCCCCCCCCCCCCN(CCCCCCCCCCCCCC)C(=O)CCCOCCOC. The molecule has 1 amide bonds. The highest BCUT2D eigenvalue weighted by atomic mass is 16.5. The Labute approximate surface area is 245 Å². The molecular formula is C35H71NO3. The summed E-state index contributed by atoms with van der Waals surface area (Å²) in [6, 6.07) is 0. The van der Waals surface area contributed by atoms with Gasteiger partial charge in [0.1, 0.15) is 0 Å². The van der Waals surface area contributed by atoms with Crippen molar-refractivity contribution in [3.63, 3.8) is 0 Å². The van der Waals surface area contributed by atoms with Crippen molar-refractivity contribution in [1.82, 2.24) is 4.90 Å². The van der Waals surface area contributed by atoms with E-state index in [4.69, 9.17) is 9.47 Å². The highest BCUT2D eigenvalue weighted by Gasteiger charge is 2.12. The minimum atomic E-state index is 0.330. The number of hydrogen-bond donors (Lipinski definition) is 0. The van der Waals surface area contributed by atoms with Crippen LogP contribution in [0.1, 0.15) is 181 Å². The summed E-state index contributed by atoms with van der Waals surface area (Å²) in [7, 11) is 1.69. The molecule has 0 saturated carbocycles. The van der Waals surface area contributed by atoms with Gasteiger partial charge in [0, 0.05) is 33.2 Å². The van der Waals surface area contributed by atoms with Crippen LogP contribution in [0.5, 0.6) is 0 Å². The summed E-state index contributed by atoms with van der Waals surface area (Å²) in [5, 5.41) is 0. The Morgan fingerprint density at radius 1 is 0.462 bits per heavy atom. The van der Waals surface area contributed by atoms with Crippen LogP contribution in [0.25, 0.3) is 0 Å². The molecular weight excluding hydrogens is 482 g/mol. The van der Waals surface area contributed by atoms with E-state index in [2.05, 4.69) is 18.7 Å². The Morgan fingerprint density at radius 2 is 0.821 bits per heavy atom. The molecule has 0 rings (SSSR count). The normalized spacial score (nSPS) is 11.4. The fourth-order valence-corrected chi connectivity index (χ4v) is 5.38. The molecule has 0 aliphatic rings. The zero-order valence-corrected chi connectivity index (χ0v) is 27.1. The smallest absolute Gasteiger partial charge is 0.222 e. The lowest BCUT2D eigenvalue weighted by atomic mass is 10.0. The van der Waals surface area contributed by atoms with Crippen molar-refractivity contribution in [3.05, 3.63) is 0 Å². The Balaban J connectivity index is 3.98. The topological polar surface area (TPSA) is 38.8 Å². The van der Waals surface area contributed by atoms with Gasteiger partial charge >= 0.3 is 0 Å². The second-order valence-electron chi connectivity index (χ2n) is 11.9. The van der Waals surface area contributed by atoms with E-state index in [0.717, 1.165) is 32.4 Å². The van der Waals surface area contributed by atoms with Crippen molar-refractivity contribution in [3.8, 4) is 0 Å². The maximum Gasteiger partial charge on any atom is 0.222 e. The Hall–Kier alpha value is -0.610. The number of methoxy groups -OCH3 is 1. The number of nitrogens with zero attached hydrogens (tertiary/aromatic N) is 1. The molecule has 0 aromatic rings. The predicted octanol–water partition coefficient (Wildman–Crippen LogP) is 10.7. The van der Waals surface area contributed by atoms with Crippen LogP contribution < -0.4 is 0 Å². The first-order valence-corrected chi connectivity index (χ1v) is 17.6. The van der Waals surface area contributed by atoms with Gasteiger partial charge in [-0.3, -0.25) is 4.79 Å². The highest BCUT2D eigenvalue weighted by Crippen LogP contribution is 2.14. The lowest BCUT2D eigenvalue weighted by molar-refractivity contribution is -0.131. The highest BCUT2D eigenvalue weighted by molar-refractivity contribution is 5.76. The summed E-state index contributed by atoms with van der Waals surface area (Å²) in [4.78, 5) is 15.1. The number of amides is 1. The van der Waals surface area contributed by atoms with Crippen molar-refractivity contribution < 1.29 is 14.3 Å². The molecule has 0 aliphatic heterocycles. The van der Waals surface area contributed by atoms with Gasteiger partial charge < -0.3 is 14.4 Å². The summed E-state index contributed by atoms with van der Waals surface area (Å²) in [6.45, 7) is 8.35. The van der Waals surface area contributed by atoms with E-state index in [1.807, 2.05) is 0 Å². The van der Waals surface area contributed by atoms with Gasteiger partial charge in [-0.05, 0) is 19.3 Å².